The number of rotatable bonds is 2. The molecule has 0 spiro atoms. The van der Waals surface area contributed by atoms with Crippen LogP contribution in [0.15, 0.2) is 24.3 Å². The molecule has 0 unspecified atom stereocenters. The third-order valence-electron chi connectivity index (χ3n) is 5.23. The van der Waals surface area contributed by atoms with Crippen molar-refractivity contribution >= 4 is 23.0 Å². The van der Waals surface area contributed by atoms with Gasteiger partial charge in [-0.25, -0.2) is 0 Å². The molecule has 3 rings (SSSR count). The maximum absolute atomic E-state index is 11.0. The first-order valence-electron chi connectivity index (χ1n) is 8.29. The lowest BCUT2D eigenvalue weighted by molar-refractivity contribution is 0.0281. The topological polar surface area (TPSA) is 46.2 Å². The van der Waals surface area contributed by atoms with Crippen LogP contribution in [0.1, 0.15) is 57.1 Å². The van der Waals surface area contributed by atoms with E-state index in [-0.39, 0.29) is 0 Å². The summed E-state index contributed by atoms with van der Waals surface area (Å²) in [5.41, 5.74) is 10.3. The van der Waals surface area contributed by atoms with Crippen molar-refractivity contribution in [1.82, 2.24) is 0 Å². The molecule has 120 valence electrons. The Labute approximate surface area is 138 Å². The van der Waals surface area contributed by atoms with Gasteiger partial charge in [-0.1, -0.05) is 26.0 Å². The highest BCUT2D eigenvalue weighted by Crippen LogP contribution is 2.42. The van der Waals surface area contributed by atoms with E-state index in [2.05, 4.69) is 26.0 Å². The minimum Gasteiger partial charge on any atom is -0.398 e. The molecule has 1 aliphatic heterocycles. The molecule has 1 aromatic carbocycles. The van der Waals surface area contributed by atoms with Crippen LogP contribution < -0.4 is 5.73 Å². The summed E-state index contributed by atoms with van der Waals surface area (Å²) < 4.78 is 0. The van der Waals surface area contributed by atoms with E-state index in [0.29, 0.717) is 5.41 Å². The second kappa shape index (κ2) is 5.93. The Morgan fingerprint density at radius 2 is 1.86 bits per heavy atom. The number of hydrogen-bond donors (Lipinski definition) is 2. The summed E-state index contributed by atoms with van der Waals surface area (Å²) in [6.07, 6.45) is 7.41. The van der Waals surface area contributed by atoms with E-state index in [0.717, 1.165) is 54.0 Å². The van der Waals surface area contributed by atoms with Crippen molar-refractivity contribution in [2.75, 3.05) is 17.2 Å². The molecular formula is C19H27NOS. The van der Waals surface area contributed by atoms with Gasteiger partial charge in [0.25, 0.3) is 0 Å². The molecule has 1 fully saturated rings. The number of thioether (sulfide) groups is 1. The lowest BCUT2D eigenvalue weighted by Gasteiger charge is -2.33. The molecule has 1 aliphatic carbocycles. The second-order valence-corrected chi connectivity index (χ2v) is 8.77. The van der Waals surface area contributed by atoms with Gasteiger partial charge in [0.05, 0.1) is 5.60 Å². The van der Waals surface area contributed by atoms with E-state index in [9.17, 15) is 5.11 Å². The van der Waals surface area contributed by atoms with Crippen LogP contribution in [-0.2, 0) is 5.60 Å². The first-order chi connectivity index (χ1) is 10.4. The zero-order valence-corrected chi connectivity index (χ0v) is 14.5. The second-order valence-electron chi connectivity index (χ2n) is 7.54. The molecule has 2 aliphatic rings. The minimum atomic E-state index is -0.664. The molecule has 22 heavy (non-hydrogen) atoms. The summed E-state index contributed by atoms with van der Waals surface area (Å²) in [5, 5.41) is 11.0. The van der Waals surface area contributed by atoms with Crippen LogP contribution >= 0.6 is 11.8 Å². The lowest BCUT2D eigenvalue weighted by atomic mass is 9.76. The van der Waals surface area contributed by atoms with E-state index in [1.165, 1.54) is 12.0 Å². The lowest BCUT2D eigenvalue weighted by Crippen LogP contribution is -2.30. The number of anilines is 1. The Morgan fingerprint density at radius 3 is 2.50 bits per heavy atom. The standard InChI is InChI=1S/C19H27NOS/c1-18(2)7-5-14(6-8-18)16-13-15(3-4-17(16)20)19(21)9-11-22-12-10-19/h3-5,13,21H,6-12,20H2,1-2H3. The molecule has 0 aromatic heterocycles. The van der Waals surface area contributed by atoms with Gasteiger partial charge in [0.15, 0.2) is 0 Å². The predicted octanol–water partition coefficient (Wildman–Crippen LogP) is 4.58. The van der Waals surface area contributed by atoms with Gasteiger partial charge in [0.1, 0.15) is 0 Å². The Morgan fingerprint density at radius 1 is 1.14 bits per heavy atom. The van der Waals surface area contributed by atoms with Gasteiger partial charge in [0, 0.05) is 11.3 Å². The molecule has 0 radical (unpaired) electrons. The van der Waals surface area contributed by atoms with E-state index in [1.54, 1.807) is 0 Å². The number of benzene rings is 1. The number of hydrogen-bond acceptors (Lipinski definition) is 3. The molecule has 0 amide bonds. The molecule has 0 saturated carbocycles. The number of nitrogen functional groups attached to an aromatic ring is 1. The summed E-state index contributed by atoms with van der Waals surface area (Å²) in [5.74, 6) is 2.07. The van der Waals surface area contributed by atoms with Crippen LogP contribution in [0.3, 0.4) is 0 Å². The monoisotopic (exact) mass is 317 g/mol. The number of aliphatic hydroxyl groups is 1. The fourth-order valence-corrected chi connectivity index (χ4v) is 4.61. The third-order valence-corrected chi connectivity index (χ3v) is 6.21. The average molecular weight is 317 g/mol. The van der Waals surface area contributed by atoms with Crippen molar-refractivity contribution in [1.29, 1.82) is 0 Å². The van der Waals surface area contributed by atoms with Crippen LogP contribution in [0.25, 0.3) is 5.57 Å². The highest BCUT2D eigenvalue weighted by Gasteiger charge is 2.32. The van der Waals surface area contributed by atoms with Crippen molar-refractivity contribution in [3.05, 3.63) is 35.4 Å². The molecule has 0 bridgehead atoms. The van der Waals surface area contributed by atoms with Crippen molar-refractivity contribution < 1.29 is 5.11 Å². The van der Waals surface area contributed by atoms with Crippen molar-refractivity contribution in [3.63, 3.8) is 0 Å². The van der Waals surface area contributed by atoms with Crippen LogP contribution in [0, 0.1) is 5.41 Å². The fraction of sp³-hybridized carbons (Fsp3) is 0.579. The van der Waals surface area contributed by atoms with Gasteiger partial charge in [-0.05, 0) is 72.3 Å². The van der Waals surface area contributed by atoms with E-state index in [4.69, 9.17) is 5.73 Å². The van der Waals surface area contributed by atoms with E-state index in [1.807, 2.05) is 23.9 Å². The summed E-state index contributed by atoms with van der Waals surface area (Å²) in [4.78, 5) is 0. The molecule has 0 atom stereocenters. The maximum Gasteiger partial charge on any atom is 0.0912 e. The van der Waals surface area contributed by atoms with Crippen LogP contribution in [0.5, 0.6) is 0 Å². The summed E-state index contributed by atoms with van der Waals surface area (Å²) >= 11 is 1.93. The molecule has 2 nitrogen and oxygen atoms in total. The third kappa shape index (κ3) is 3.21. The summed E-state index contributed by atoms with van der Waals surface area (Å²) in [6, 6.07) is 6.14. The zero-order valence-electron chi connectivity index (χ0n) is 13.7. The van der Waals surface area contributed by atoms with Crippen molar-refractivity contribution in [3.8, 4) is 0 Å². The minimum absolute atomic E-state index is 0.397. The maximum atomic E-state index is 11.0. The first kappa shape index (κ1) is 15.9. The Balaban J connectivity index is 1.92. The Hall–Kier alpha value is -0.930. The zero-order chi connectivity index (χ0) is 15.8. The van der Waals surface area contributed by atoms with Gasteiger partial charge in [0.2, 0.25) is 0 Å². The predicted molar refractivity (Wildman–Crippen MR) is 96.9 cm³/mol. The van der Waals surface area contributed by atoms with Crippen LogP contribution in [0.2, 0.25) is 0 Å². The smallest absolute Gasteiger partial charge is 0.0912 e. The highest BCUT2D eigenvalue weighted by atomic mass is 32.2. The van der Waals surface area contributed by atoms with Crippen molar-refractivity contribution in [2.24, 2.45) is 5.41 Å². The van der Waals surface area contributed by atoms with E-state index < -0.39 is 5.60 Å². The number of allylic oxidation sites excluding steroid dienone is 2. The Kier molecular flexibility index (Phi) is 4.30. The highest BCUT2D eigenvalue weighted by molar-refractivity contribution is 7.99. The Bertz CT molecular complexity index is 585. The summed E-state index contributed by atoms with van der Waals surface area (Å²) in [6.45, 7) is 4.64. The molecule has 1 aromatic rings. The van der Waals surface area contributed by atoms with Crippen molar-refractivity contribution in [2.45, 2.75) is 51.6 Å². The first-order valence-corrected chi connectivity index (χ1v) is 9.45. The van der Waals surface area contributed by atoms with E-state index >= 15 is 0 Å². The summed E-state index contributed by atoms with van der Waals surface area (Å²) in [7, 11) is 0. The average Bonchev–Trinajstić information content (AvgIpc) is 2.49. The van der Waals surface area contributed by atoms with Crippen LogP contribution in [-0.4, -0.2) is 16.6 Å². The molecule has 1 saturated heterocycles. The largest absolute Gasteiger partial charge is 0.398 e. The van der Waals surface area contributed by atoms with Gasteiger partial charge < -0.3 is 10.8 Å². The molecule has 3 heteroatoms. The number of nitrogens with two attached hydrogens (primary N) is 1. The SMILES string of the molecule is CC1(C)CC=C(c2cc(C3(O)CCSCC3)ccc2N)CC1. The van der Waals surface area contributed by atoms with Crippen LogP contribution in [0.4, 0.5) is 5.69 Å². The molecular weight excluding hydrogens is 290 g/mol. The van der Waals surface area contributed by atoms with Gasteiger partial charge in [-0.2, -0.15) is 11.8 Å². The normalized spacial score (nSPS) is 23.9. The van der Waals surface area contributed by atoms with Gasteiger partial charge in [-0.3, -0.25) is 0 Å². The molecule has 3 N–H and O–H groups in total. The van der Waals surface area contributed by atoms with Gasteiger partial charge >= 0.3 is 0 Å². The quantitative estimate of drug-likeness (QED) is 0.785. The molecule has 1 heterocycles. The van der Waals surface area contributed by atoms with Gasteiger partial charge in [-0.15, -0.1) is 0 Å². The fourth-order valence-electron chi connectivity index (χ4n) is 3.44.